The van der Waals surface area contributed by atoms with Gasteiger partial charge in [0, 0.05) is 60.9 Å². The van der Waals surface area contributed by atoms with E-state index < -0.39 is 0 Å². The predicted molar refractivity (Wildman–Crippen MR) is 173 cm³/mol. The van der Waals surface area contributed by atoms with Gasteiger partial charge in [0.15, 0.2) is 0 Å². The van der Waals surface area contributed by atoms with Crippen LogP contribution in [0.5, 0.6) is 0 Å². The molecule has 0 aromatic heterocycles. The van der Waals surface area contributed by atoms with Crippen molar-refractivity contribution in [3.63, 3.8) is 0 Å². The maximum Gasteiger partial charge on any atom is 0.0813 e. The second kappa shape index (κ2) is 13.6. The Labute approximate surface area is 237 Å². The molecule has 1 atom stereocenters. The summed E-state index contributed by atoms with van der Waals surface area (Å²) in [6, 6.07) is 22.3. The highest BCUT2D eigenvalue weighted by molar-refractivity contribution is 5.78. The maximum absolute atomic E-state index is 6.59. The molecular formula is C33H50N6. The predicted octanol–water partition coefficient (Wildman–Crippen LogP) is 7.09. The molecule has 3 aromatic carbocycles. The molecule has 39 heavy (non-hydrogen) atoms. The molecule has 0 saturated heterocycles. The van der Waals surface area contributed by atoms with E-state index in [1.807, 2.05) is 21.1 Å². The number of nitrogens with zero attached hydrogens (tertiary/aromatic N) is 4. The van der Waals surface area contributed by atoms with Crippen LogP contribution in [0.15, 0.2) is 60.7 Å². The van der Waals surface area contributed by atoms with Crippen molar-refractivity contribution in [1.29, 1.82) is 0 Å². The SMILES string of the molecule is CCCC(CCC)C(c1ccc(N(C)C)c(N)c1)c1ccc(N(C)C)c(N(NC)c2ccc(N(C)C)cc2)c1. The van der Waals surface area contributed by atoms with E-state index in [0.717, 1.165) is 41.3 Å². The first-order chi connectivity index (χ1) is 18.6. The quantitative estimate of drug-likeness (QED) is 0.182. The Hall–Kier alpha value is -3.38. The van der Waals surface area contributed by atoms with Crippen molar-refractivity contribution in [1.82, 2.24) is 5.43 Å². The monoisotopic (exact) mass is 530 g/mol. The number of rotatable bonds is 13. The van der Waals surface area contributed by atoms with Gasteiger partial charge in [0.05, 0.1) is 28.4 Å². The molecule has 0 fully saturated rings. The van der Waals surface area contributed by atoms with Gasteiger partial charge in [-0.2, -0.15) is 0 Å². The molecule has 0 aliphatic heterocycles. The van der Waals surface area contributed by atoms with Gasteiger partial charge < -0.3 is 20.4 Å². The van der Waals surface area contributed by atoms with Crippen molar-refractivity contribution in [3.05, 3.63) is 71.8 Å². The Bertz CT molecular complexity index is 1180. The van der Waals surface area contributed by atoms with Crippen LogP contribution in [0.2, 0.25) is 0 Å². The lowest BCUT2D eigenvalue weighted by atomic mass is 9.76. The molecule has 0 bridgehead atoms. The lowest BCUT2D eigenvalue weighted by molar-refractivity contribution is 0.396. The van der Waals surface area contributed by atoms with Crippen LogP contribution >= 0.6 is 0 Å². The zero-order valence-corrected chi connectivity index (χ0v) is 25.6. The Kier molecular flexibility index (Phi) is 10.5. The van der Waals surface area contributed by atoms with Crippen LogP contribution < -0.4 is 30.9 Å². The normalized spacial score (nSPS) is 11.9. The first-order valence-electron chi connectivity index (χ1n) is 14.3. The summed E-state index contributed by atoms with van der Waals surface area (Å²) >= 11 is 0. The molecule has 1 unspecified atom stereocenters. The third-order valence-electron chi connectivity index (χ3n) is 7.61. The van der Waals surface area contributed by atoms with Gasteiger partial charge in [-0.15, -0.1) is 0 Å². The third kappa shape index (κ3) is 6.99. The van der Waals surface area contributed by atoms with Crippen molar-refractivity contribution in [3.8, 4) is 0 Å². The fourth-order valence-electron chi connectivity index (χ4n) is 5.71. The first kappa shape index (κ1) is 30.2. The van der Waals surface area contributed by atoms with Crippen molar-refractivity contribution in [2.45, 2.75) is 45.4 Å². The van der Waals surface area contributed by atoms with E-state index in [1.165, 1.54) is 29.7 Å². The summed E-state index contributed by atoms with van der Waals surface area (Å²) in [5.74, 6) is 0.790. The summed E-state index contributed by atoms with van der Waals surface area (Å²) < 4.78 is 0. The van der Waals surface area contributed by atoms with Gasteiger partial charge in [-0.3, -0.25) is 5.01 Å². The van der Waals surface area contributed by atoms with Crippen LogP contribution in [0.1, 0.15) is 56.6 Å². The molecule has 0 aliphatic rings. The smallest absolute Gasteiger partial charge is 0.0813 e. The van der Waals surface area contributed by atoms with E-state index in [0.29, 0.717) is 5.92 Å². The molecule has 0 spiro atoms. The van der Waals surface area contributed by atoms with E-state index in [2.05, 4.69) is 128 Å². The van der Waals surface area contributed by atoms with E-state index in [-0.39, 0.29) is 5.92 Å². The van der Waals surface area contributed by atoms with Crippen LogP contribution in [0.4, 0.5) is 34.1 Å². The van der Waals surface area contributed by atoms with Gasteiger partial charge >= 0.3 is 0 Å². The number of nitrogen functional groups attached to an aromatic ring is 1. The van der Waals surface area contributed by atoms with Crippen LogP contribution in [0, 0.1) is 5.92 Å². The lowest BCUT2D eigenvalue weighted by Gasteiger charge is -2.33. The van der Waals surface area contributed by atoms with Gasteiger partial charge in [-0.1, -0.05) is 38.8 Å². The van der Waals surface area contributed by atoms with Crippen molar-refractivity contribution in [2.75, 3.05) is 74.8 Å². The minimum Gasteiger partial charge on any atom is -0.397 e. The Morgan fingerprint density at radius 3 is 1.62 bits per heavy atom. The number of nitrogens with two attached hydrogens (primary N) is 1. The Morgan fingerprint density at radius 1 is 0.641 bits per heavy atom. The van der Waals surface area contributed by atoms with Crippen molar-refractivity contribution >= 4 is 34.1 Å². The first-order valence-corrected chi connectivity index (χ1v) is 14.3. The molecule has 0 aliphatic carbocycles. The van der Waals surface area contributed by atoms with Crippen LogP contribution in [0.25, 0.3) is 0 Å². The van der Waals surface area contributed by atoms with Crippen molar-refractivity contribution < 1.29 is 0 Å². The van der Waals surface area contributed by atoms with Gasteiger partial charge in [-0.05, 0) is 78.4 Å². The highest BCUT2D eigenvalue weighted by Crippen LogP contribution is 2.43. The second-order valence-electron chi connectivity index (χ2n) is 11.1. The number of nitrogens with one attached hydrogen (secondary N) is 1. The van der Waals surface area contributed by atoms with E-state index >= 15 is 0 Å². The molecule has 0 amide bonds. The van der Waals surface area contributed by atoms with E-state index in [1.54, 1.807) is 0 Å². The average molecular weight is 531 g/mol. The van der Waals surface area contributed by atoms with E-state index in [9.17, 15) is 0 Å². The molecule has 0 heterocycles. The Morgan fingerprint density at radius 2 is 1.15 bits per heavy atom. The molecule has 6 nitrogen and oxygen atoms in total. The highest BCUT2D eigenvalue weighted by Gasteiger charge is 2.27. The fourth-order valence-corrected chi connectivity index (χ4v) is 5.71. The van der Waals surface area contributed by atoms with Crippen molar-refractivity contribution in [2.24, 2.45) is 5.92 Å². The molecule has 212 valence electrons. The molecule has 3 N–H and O–H groups in total. The van der Waals surface area contributed by atoms with Crippen LogP contribution in [-0.4, -0.2) is 49.3 Å². The summed E-state index contributed by atoms with van der Waals surface area (Å²) in [6.07, 6.45) is 4.69. The summed E-state index contributed by atoms with van der Waals surface area (Å²) in [7, 11) is 14.4. The third-order valence-corrected chi connectivity index (χ3v) is 7.61. The number of anilines is 6. The summed E-state index contributed by atoms with van der Waals surface area (Å²) in [5, 5.41) is 2.19. The summed E-state index contributed by atoms with van der Waals surface area (Å²) in [4.78, 5) is 6.39. The maximum atomic E-state index is 6.59. The zero-order chi connectivity index (χ0) is 28.7. The molecule has 6 heteroatoms. The molecular weight excluding hydrogens is 480 g/mol. The lowest BCUT2D eigenvalue weighted by Crippen LogP contribution is -2.32. The largest absolute Gasteiger partial charge is 0.397 e. The van der Waals surface area contributed by atoms with E-state index in [4.69, 9.17) is 5.73 Å². The number of hydrogen-bond donors (Lipinski definition) is 2. The second-order valence-corrected chi connectivity index (χ2v) is 11.1. The number of hydrazine groups is 1. The van der Waals surface area contributed by atoms with Crippen LogP contribution in [0.3, 0.4) is 0 Å². The molecule has 0 saturated carbocycles. The molecule has 3 aromatic rings. The minimum absolute atomic E-state index is 0.258. The van der Waals surface area contributed by atoms with Gasteiger partial charge in [0.2, 0.25) is 0 Å². The standard InChI is InChI=1S/C33H50N6/c1-10-12-24(13-11-2)33(25-14-20-30(37(6)7)29(34)22-25)26-15-21-31(38(8)9)32(23-26)39(35-3)28-18-16-27(17-19-28)36(4)5/h14-24,33,35H,10-13,34H2,1-9H3. The minimum atomic E-state index is 0.258. The fraction of sp³-hybridized carbons (Fsp3) is 0.455. The van der Waals surface area contributed by atoms with Crippen LogP contribution in [-0.2, 0) is 0 Å². The summed E-state index contributed by atoms with van der Waals surface area (Å²) in [6.45, 7) is 4.59. The molecule has 0 radical (unpaired) electrons. The zero-order valence-electron chi connectivity index (χ0n) is 25.6. The van der Waals surface area contributed by atoms with Gasteiger partial charge in [0.1, 0.15) is 0 Å². The highest BCUT2D eigenvalue weighted by atomic mass is 15.5. The topological polar surface area (TPSA) is 51.0 Å². The number of hydrogen-bond acceptors (Lipinski definition) is 6. The number of benzene rings is 3. The van der Waals surface area contributed by atoms with Gasteiger partial charge in [-0.25, -0.2) is 5.43 Å². The average Bonchev–Trinajstić information content (AvgIpc) is 2.89. The summed E-state index contributed by atoms with van der Waals surface area (Å²) in [5.41, 5.74) is 19.1. The molecule has 3 rings (SSSR count). The Balaban J connectivity index is 2.20. The van der Waals surface area contributed by atoms with Gasteiger partial charge in [0.25, 0.3) is 0 Å².